The summed E-state index contributed by atoms with van der Waals surface area (Å²) >= 11 is 0. The summed E-state index contributed by atoms with van der Waals surface area (Å²) in [6, 6.07) is 8.66. The highest BCUT2D eigenvalue weighted by atomic mass is 16.7. The van der Waals surface area contributed by atoms with E-state index in [-0.39, 0.29) is 0 Å². The van der Waals surface area contributed by atoms with Crippen molar-refractivity contribution in [3.63, 3.8) is 0 Å². The molecule has 8 nitrogen and oxygen atoms in total. The number of benzene rings is 1. The van der Waals surface area contributed by atoms with Gasteiger partial charge in [-0.1, -0.05) is 24.3 Å². The molecule has 1 aromatic heterocycles. The second-order valence-electron chi connectivity index (χ2n) is 5.57. The number of carbonyl (C=O) groups excluding carboxylic acids is 2. The van der Waals surface area contributed by atoms with Crippen LogP contribution in [0.25, 0.3) is 12.2 Å². The van der Waals surface area contributed by atoms with E-state index in [0.29, 0.717) is 35.2 Å². The number of amides is 1. The molecular formula is C19H22N4O4. The van der Waals surface area contributed by atoms with Crippen LogP contribution in [-0.2, 0) is 19.1 Å². The van der Waals surface area contributed by atoms with E-state index >= 15 is 0 Å². The number of para-hydroxylation sites is 1. The van der Waals surface area contributed by atoms with Gasteiger partial charge in [-0.3, -0.25) is 4.79 Å². The van der Waals surface area contributed by atoms with E-state index in [0.717, 1.165) is 0 Å². The Hall–Kier alpha value is -3.26. The number of ether oxygens (including phenoxy) is 2. The maximum atomic E-state index is 12.1. The lowest BCUT2D eigenvalue weighted by molar-refractivity contribution is -0.176. The predicted octanol–water partition coefficient (Wildman–Crippen LogP) is 2.40. The fourth-order valence-electron chi connectivity index (χ4n) is 2.28. The first-order chi connectivity index (χ1) is 12.9. The highest BCUT2D eigenvalue weighted by molar-refractivity contribution is 6.37. The van der Waals surface area contributed by atoms with E-state index in [1.54, 1.807) is 57.2 Å². The number of hydrogen-bond acceptors (Lipinski definition) is 7. The fourth-order valence-corrected chi connectivity index (χ4v) is 2.28. The van der Waals surface area contributed by atoms with E-state index in [2.05, 4.69) is 15.3 Å². The van der Waals surface area contributed by atoms with E-state index in [4.69, 9.17) is 15.2 Å². The lowest BCUT2D eigenvalue weighted by Crippen LogP contribution is -2.29. The highest BCUT2D eigenvalue weighted by Crippen LogP contribution is 2.18. The number of esters is 1. The molecule has 142 valence electrons. The van der Waals surface area contributed by atoms with Crippen molar-refractivity contribution in [1.29, 1.82) is 0 Å². The van der Waals surface area contributed by atoms with Crippen LogP contribution >= 0.6 is 0 Å². The molecule has 0 aliphatic rings. The number of anilines is 2. The molecule has 1 unspecified atom stereocenters. The molecule has 0 spiro atoms. The Morgan fingerprint density at radius 1 is 1.26 bits per heavy atom. The minimum absolute atomic E-state index is 0.370. The van der Waals surface area contributed by atoms with Gasteiger partial charge < -0.3 is 20.5 Å². The van der Waals surface area contributed by atoms with Gasteiger partial charge in [0, 0.05) is 18.4 Å². The van der Waals surface area contributed by atoms with Gasteiger partial charge in [0.1, 0.15) is 11.6 Å². The van der Waals surface area contributed by atoms with Gasteiger partial charge in [0.2, 0.25) is 6.29 Å². The van der Waals surface area contributed by atoms with Crippen molar-refractivity contribution in [2.45, 2.75) is 27.1 Å². The van der Waals surface area contributed by atoms with Crippen molar-refractivity contribution in [2.75, 3.05) is 17.7 Å². The minimum Gasteiger partial charge on any atom is -0.429 e. The van der Waals surface area contributed by atoms with Gasteiger partial charge in [0.15, 0.2) is 0 Å². The molecule has 0 saturated heterocycles. The maximum absolute atomic E-state index is 12.1. The Labute approximate surface area is 157 Å². The number of rotatable bonds is 6. The summed E-state index contributed by atoms with van der Waals surface area (Å²) in [5, 5.41) is 2.54. The summed E-state index contributed by atoms with van der Waals surface area (Å²) in [4.78, 5) is 32.2. The van der Waals surface area contributed by atoms with Crippen LogP contribution in [0, 0.1) is 6.92 Å². The summed E-state index contributed by atoms with van der Waals surface area (Å²) < 4.78 is 9.99. The van der Waals surface area contributed by atoms with Crippen molar-refractivity contribution in [3.05, 3.63) is 47.4 Å². The summed E-state index contributed by atoms with van der Waals surface area (Å²) in [5.41, 5.74) is 7.49. The quantitative estimate of drug-likeness (QED) is 0.455. The van der Waals surface area contributed by atoms with Crippen molar-refractivity contribution < 1.29 is 19.1 Å². The van der Waals surface area contributed by atoms with Gasteiger partial charge in [-0.2, -0.15) is 0 Å². The lowest BCUT2D eigenvalue weighted by Gasteiger charge is -2.13. The highest BCUT2D eigenvalue weighted by Gasteiger charge is 2.19. The zero-order valence-electron chi connectivity index (χ0n) is 15.4. The number of hydrogen-bond donors (Lipinski definition) is 2. The van der Waals surface area contributed by atoms with Crippen molar-refractivity contribution >= 4 is 35.5 Å². The third-order valence-electron chi connectivity index (χ3n) is 3.38. The van der Waals surface area contributed by atoms with E-state index < -0.39 is 18.2 Å². The van der Waals surface area contributed by atoms with Gasteiger partial charge in [-0.05, 0) is 38.5 Å². The molecule has 0 aliphatic carbocycles. The first-order valence-electron chi connectivity index (χ1n) is 8.41. The van der Waals surface area contributed by atoms with Gasteiger partial charge in [0.25, 0.3) is 0 Å². The summed E-state index contributed by atoms with van der Waals surface area (Å²) in [7, 11) is 0. The largest absolute Gasteiger partial charge is 0.429 e. The van der Waals surface area contributed by atoms with Gasteiger partial charge in [-0.15, -0.1) is 0 Å². The smallest absolute Gasteiger partial charge is 0.399 e. The lowest BCUT2D eigenvalue weighted by atomic mass is 10.1. The number of aryl methyl sites for hydroxylation is 1. The van der Waals surface area contributed by atoms with Crippen LogP contribution in [-0.4, -0.2) is 34.7 Å². The molecule has 0 radical (unpaired) electrons. The van der Waals surface area contributed by atoms with Crippen LogP contribution in [0.4, 0.5) is 11.5 Å². The minimum atomic E-state index is -1.02. The molecule has 0 saturated carbocycles. The summed E-state index contributed by atoms with van der Waals surface area (Å²) in [5.74, 6) is -0.976. The maximum Gasteiger partial charge on any atom is 0.399 e. The molecule has 2 rings (SSSR count). The first-order valence-corrected chi connectivity index (χ1v) is 8.41. The number of nitrogens with one attached hydrogen (secondary N) is 1. The Kier molecular flexibility index (Phi) is 7.01. The Bertz CT molecular complexity index is 831. The van der Waals surface area contributed by atoms with Crippen LogP contribution in [0.15, 0.2) is 30.3 Å². The molecule has 8 heteroatoms. The first kappa shape index (κ1) is 20.1. The molecule has 1 atom stereocenters. The SMILES string of the molecule is CCOC(C)OC(=O)C(=O)Nc1ccccc1C=Cc1cc(N)nc(C)n1. The number of aromatic nitrogens is 2. The fraction of sp³-hybridized carbons (Fsp3) is 0.263. The van der Waals surface area contributed by atoms with Crippen LogP contribution in [0.2, 0.25) is 0 Å². The summed E-state index contributed by atoms with van der Waals surface area (Å²) in [6.07, 6.45) is 2.70. The monoisotopic (exact) mass is 370 g/mol. The van der Waals surface area contributed by atoms with Crippen LogP contribution in [0.5, 0.6) is 0 Å². The molecule has 1 amide bonds. The van der Waals surface area contributed by atoms with Crippen LogP contribution in [0.3, 0.4) is 0 Å². The van der Waals surface area contributed by atoms with E-state index in [1.165, 1.54) is 0 Å². The number of nitrogens with two attached hydrogens (primary N) is 1. The third-order valence-corrected chi connectivity index (χ3v) is 3.38. The molecular weight excluding hydrogens is 348 g/mol. The predicted molar refractivity (Wildman–Crippen MR) is 102 cm³/mol. The average molecular weight is 370 g/mol. The van der Waals surface area contributed by atoms with Crippen LogP contribution in [0.1, 0.15) is 30.9 Å². The second-order valence-corrected chi connectivity index (χ2v) is 5.57. The Balaban J connectivity index is 2.12. The molecule has 0 bridgehead atoms. The van der Waals surface area contributed by atoms with Gasteiger partial charge in [0.05, 0.1) is 5.69 Å². The number of nitrogen functional groups attached to an aromatic ring is 1. The van der Waals surface area contributed by atoms with Crippen LogP contribution < -0.4 is 11.1 Å². The molecule has 1 aromatic carbocycles. The number of carbonyl (C=O) groups is 2. The molecule has 2 aromatic rings. The molecule has 1 heterocycles. The van der Waals surface area contributed by atoms with Crippen molar-refractivity contribution in [2.24, 2.45) is 0 Å². The van der Waals surface area contributed by atoms with E-state index in [9.17, 15) is 9.59 Å². The van der Waals surface area contributed by atoms with E-state index in [1.807, 2.05) is 6.07 Å². The molecule has 0 fully saturated rings. The Morgan fingerprint density at radius 2 is 2.00 bits per heavy atom. The number of nitrogens with zero attached hydrogens (tertiary/aromatic N) is 2. The standard InChI is InChI=1S/C19H22N4O4/c1-4-26-13(3)27-19(25)18(24)23-16-8-6-5-7-14(16)9-10-15-11-17(20)22-12(2)21-15/h5-11,13H,4H2,1-3H3,(H,23,24)(H2,20,21,22). The molecule has 0 aliphatic heterocycles. The third kappa shape index (κ3) is 6.19. The van der Waals surface area contributed by atoms with Gasteiger partial charge in [-0.25, -0.2) is 14.8 Å². The zero-order chi connectivity index (χ0) is 19.8. The van der Waals surface area contributed by atoms with Crippen molar-refractivity contribution in [3.8, 4) is 0 Å². The second kappa shape index (κ2) is 9.44. The zero-order valence-corrected chi connectivity index (χ0v) is 15.4. The molecule has 3 N–H and O–H groups in total. The average Bonchev–Trinajstić information content (AvgIpc) is 2.60. The van der Waals surface area contributed by atoms with Crippen molar-refractivity contribution in [1.82, 2.24) is 9.97 Å². The normalized spacial score (nSPS) is 12.0. The Morgan fingerprint density at radius 3 is 2.70 bits per heavy atom. The summed E-state index contributed by atoms with van der Waals surface area (Å²) in [6.45, 7) is 5.42. The topological polar surface area (TPSA) is 116 Å². The molecule has 27 heavy (non-hydrogen) atoms. The van der Waals surface area contributed by atoms with Gasteiger partial charge >= 0.3 is 11.9 Å².